The van der Waals surface area contributed by atoms with Crippen molar-refractivity contribution in [3.05, 3.63) is 35.6 Å². The fourth-order valence-electron chi connectivity index (χ4n) is 3.05. The summed E-state index contributed by atoms with van der Waals surface area (Å²) in [5, 5.41) is 8.84. The highest BCUT2D eigenvalue weighted by Gasteiger charge is 2.30. The molecule has 0 aromatic heterocycles. The van der Waals surface area contributed by atoms with Gasteiger partial charge in [0, 0.05) is 19.0 Å². The van der Waals surface area contributed by atoms with E-state index in [1.807, 2.05) is 0 Å². The monoisotopic (exact) mass is 307 g/mol. The second-order valence-electron chi connectivity index (χ2n) is 5.89. The summed E-state index contributed by atoms with van der Waals surface area (Å²) in [5.74, 6) is -1.64. The first-order chi connectivity index (χ1) is 10.5. The number of carboxylic acids is 1. The molecule has 0 radical (unpaired) electrons. The second-order valence-corrected chi connectivity index (χ2v) is 5.89. The lowest BCUT2D eigenvalue weighted by molar-refractivity contribution is -0.140. The third-order valence-corrected chi connectivity index (χ3v) is 4.32. The van der Waals surface area contributed by atoms with E-state index < -0.39 is 11.9 Å². The Hall–Kier alpha value is -1.91. The van der Waals surface area contributed by atoms with Crippen molar-refractivity contribution in [2.45, 2.75) is 51.0 Å². The van der Waals surface area contributed by atoms with Crippen LogP contribution in [0.5, 0.6) is 0 Å². The van der Waals surface area contributed by atoms with Gasteiger partial charge in [-0.3, -0.25) is 9.59 Å². The first kappa shape index (κ1) is 16.5. The average Bonchev–Trinajstić information content (AvgIpc) is 2.51. The average molecular weight is 307 g/mol. The molecule has 1 N–H and O–H groups in total. The van der Waals surface area contributed by atoms with Gasteiger partial charge in [0.15, 0.2) is 0 Å². The van der Waals surface area contributed by atoms with Gasteiger partial charge in [0.05, 0.1) is 5.92 Å². The topological polar surface area (TPSA) is 57.6 Å². The third-order valence-electron chi connectivity index (χ3n) is 4.32. The molecule has 1 saturated heterocycles. The number of hydrogen-bond donors (Lipinski definition) is 1. The smallest absolute Gasteiger partial charge is 0.303 e. The Labute approximate surface area is 129 Å². The summed E-state index contributed by atoms with van der Waals surface area (Å²) in [4.78, 5) is 25.3. The molecule has 1 aromatic carbocycles. The fraction of sp³-hybridized carbons (Fsp3) is 0.529. The van der Waals surface area contributed by atoms with Gasteiger partial charge in [-0.25, -0.2) is 4.39 Å². The number of hydrogen-bond acceptors (Lipinski definition) is 2. The molecule has 120 valence electrons. The Morgan fingerprint density at radius 2 is 2.18 bits per heavy atom. The quantitative estimate of drug-likeness (QED) is 0.909. The van der Waals surface area contributed by atoms with E-state index in [0.717, 1.165) is 19.3 Å². The Morgan fingerprint density at radius 3 is 2.86 bits per heavy atom. The van der Waals surface area contributed by atoms with E-state index in [0.29, 0.717) is 18.5 Å². The minimum Gasteiger partial charge on any atom is -0.481 e. The molecule has 1 aliphatic heterocycles. The first-order valence-corrected chi connectivity index (χ1v) is 7.76. The highest BCUT2D eigenvalue weighted by molar-refractivity contribution is 5.83. The SMILES string of the molecule is CC(C(=O)N1CCCCC1CCC(=O)O)c1cccc(F)c1. The van der Waals surface area contributed by atoms with E-state index in [1.54, 1.807) is 24.0 Å². The summed E-state index contributed by atoms with van der Waals surface area (Å²) >= 11 is 0. The molecule has 1 aromatic rings. The van der Waals surface area contributed by atoms with Crippen LogP contribution in [0.25, 0.3) is 0 Å². The molecule has 0 saturated carbocycles. The number of carbonyl (C=O) groups excluding carboxylic acids is 1. The molecule has 2 rings (SSSR count). The molecule has 5 heteroatoms. The number of carboxylic acid groups (broad SMARTS) is 1. The van der Waals surface area contributed by atoms with Crippen molar-refractivity contribution in [2.24, 2.45) is 0 Å². The van der Waals surface area contributed by atoms with Crippen LogP contribution in [0.2, 0.25) is 0 Å². The van der Waals surface area contributed by atoms with Crippen molar-refractivity contribution in [3.63, 3.8) is 0 Å². The molecule has 2 unspecified atom stereocenters. The van der Waals surface area contributed by atoms with Gasteiger partial charge in [-0.2, -0.15) is 0 Å². The number of halogens is 1. The van der Waals surface area contributed by atoms with Gasteiger partial charge in [0.2, 0.25) is 5.91 Å². The highest BCUT2D eigenvalue weighted by atomic mass is 19.1. The molecule has 1 amide bonds. The van der Waals surface area contributed by atoms with Crippen molar-refractivity contribution in [3.8, 4) is 0 Å². The van der Waals surface area contributed by atoms with E-state index in [9.17, 15) is 14.0 Å². The lowest BCUT2D eigenvalue weighted by atomic mass is 9.93. The van der Waals surface area contributed by atoms with E-state index in [1.165, 1.54) is 12.1 Å². The van der Waals surface area contributed by atoms with Crippen LogP contribution in [0, 0.1) is 5.82 Å². The minimum absolute atomic E-state index is 0.0200. The van der Waals surface area contributed by atoms with Gasteiger partial charge in [-0.05, 0) is 50.3 Å². The van der Waals surface area contributed by atoms with Crippen molar-refractivity contribution in [1.29, 1.82) is 0 Å². The molecule has 22 heavy (non-hydrogen) atoms. The highest BCUT2D eigenvalue weighted by Crippen LogP contribution is 2.26. The van der Waals surface area contributed by atoms with E-state index >= 15 is 0 Å². The van der Waals surface area contributed by atoms with Crippen LogP contribution in [-0.4, -0.2) is 34.5 Å². The fourth-order valence-corrected chi connectivity index (χ4v) is 3.05. The van der Waals surface area contributed by atoms with Crippen molar-refractivity contribution in [2.75, 3.05) is 6.54 Å². The molecular formula is C17H22FNO3. The zero-order chi connectivity index (χ0) is 16.1. The molecule has 0 spiro atoms. The zero-order valence-electron chi connectivity index (χ0n) is 12.8. The standard InChI is InChI=1S/C17H22FNO3/c1-12(13-5-4-6-14(18)11-13)17(22)19-10-3-2-7-15(19)8-9-16(20)21/h4-6,11-12,15H,2-3,7-10H2,1H3,(H,20,21). The molecule has 2 atom stereocenters. The number of likely N-dealkylation sites (tertiary alicyclic amines) is 1. The van der Waals surface area contributed by atoms with Crippen LogP contribution < -0.4 is 0 Å². The molecule has 0 aliphatic carbocycles. The summed E-state index contributed by atoms with van der Waals surface area (Å²) in [6.45, 7) is 2.43. The van der Waals surface area contributed by atoms with E-state index in [-0.39, 0.29) is 24.2 Å². The molecule has 4 nitrogen and oxygen atoms in total. The number of carbonyl (C=O) groups is 2. The lowest BCUT2D eigenvalue weighted by Gasteiger charge is -2.37. The molecule has 0 bridgehead atoms. The van der Waals surface area contributed by atoms with Crippen molar-refractivity contribution < 1.29 is 19.1 Å². The van der Waals surface area contributed by atoms with E-state index in [2.05, 4.69) is 0 Å². The summed E-state index contributed by atoms with van der Waals surface area (Å²) in [7, 11) is 0. The van der Waals surface area contributed by atoms with Gasteiger partial charge < -0.3 is 10.0 Å². The second kappa shape index (κ2) is 7.38. The third kappa shape index (κ3) is 4.06. The Kier molecular flexibility index (Phi) is 5.52. The number of amides is 1. The van der Waals surface area contributed by atoms with Crippen LogP contribution in [0.15, 0.2) is 24.3 Å². The normalized spacial score (nSPS) is 19.7. The Morgan fingerprint density at radius 1 is 1.41 bits per heavy atom. The van der Waals surface area contributed by atoms with Crippen LogP contribution in [0.1, 0.15) is 50.5 Å². The first-order valence-electron chi connectivity index (χ1n) is 7.76. The van der Waals surface area contributed by atoms with Crippen molar-refractivity contribution in [1.82, 2.24) is 4.90 Å². The maximum Gasteiger partial charge on any atom is 0.303 e. The summed E-state index contributed by atoms with van der Waals surface area (Å²) < 4.78 is 13.3. The molecule has 1 heterocycles. The number of piperidine rings is 1. The van der Waals surface area contributed by atoms with Gasteiger partial charge in [0.25, 0.3) is 0 Å². The number of rotatable bonds is 5. The Balaban J connectivity index is 2.09. The van der Waals surface area contributed by atoms with Crippen LogP contribution in [0.3, 0.4) is 0 Å². The number of nitrogens with zero attached hydrogens (tertiary/aromatic N) is 1. The predicted octanol–water partition coefficient (Wildman–Crippen LogP) is 3.18. The largest absolute Gasteiger partial charge is 0.481 e. The molecule has 1 aliphatic rings. The zero-order valence-corrected chi connectivity index (χ0v) is 12.8. The Bertz CT molecular complexity index is 546. The minimum atomic E-state index is -0.837. The maximum atomic E-state index is 13.3. The molecule has 1 fully saturated rings. The van der Waals surface area contributed by atoms with Gasteiger partial charge in [-0.15, -0.1) is 0 Å². The molecular weight excluding hydrogens is 285 g/mol. The van der Waals surface area contributed by atoms with Gasteiger partial charge in [-0.1, -0.05) is 12.1 Å². The predicted molar refractivity (Wildman–Crippen MR) is 81.0 cm³/mol. The number of benzene rings is 1. The number of aliphatic carboxylic acids is 1. The lowest BCUT2D eigenvalue weighted by Crippen LogP contribution is -2.45. The van der Waals surface area contributed by atoms with Gasteiger partial charge >= 0.3 is 5.97 Å². The van der Waals surface area contributed by atoms with Gasteiger partial charge in [0.1, 0.15) is 5.82 Å². The van der Waals surface area contributed by atoms with E-state index in [4.69, 9.17) is 5.11 Å². The van der Waals surface area contributed by atoms with Crippen LogP contribution >= 0.6 is 0 Å². The summed E-state index contributed by atoms with van der Waals surface area (Å²) in [5.41, 5.74) is 0.660. The maximum absolute atomic E-state index is 13.3. The summed E-state index contributed by atoms with van der Waals surface area (Å²) in [6.07, 6.45) is 3.35. The summed E-state index contributed by atoms with van der Waals surface area (Å²) in [6, 6.07) is 6.08. The van der Waals surface area contributed by atoms with Crippen molar-refractivity contribution >= 4 is 11.9 Å². The van der Waals surface area contributed by atoms with Crippen LogP contribution in [0.4, 0.5) is 4.39 Å². The van der Waals surface area contributed by atoms with Crippen LogP contribution in [-0.2, 0) is 9.59 Å².